The molecule has 0 aliphatic carbocycles. The zero-order valence-corrected chi connectivity index (χ0v) is 14.5. The first-order valence-electron chi connectivity index (χ1n) is 6.46. The third-order valence-electron chi connectivity index (χ3n) is 3.14. The molecule has 0 unspecified atom stereocenters. The first-order chi connectivity index (χ1) is 10.3. The molecule has 2 aromatic rings. The predicted octanol–water partition coefficient (Wildman–Crippen LogP) is 3.12. The number of thiophene rings is 1. The minimum absolute atomic E-state index is 0.133. The molecule has 0 spiro atoms. The van der Waals surface area contributed by atoms with Crippen molar-refractivity contribution in [1.29, 1.82) is 0 Å². The molecule has 1 aromatic carbocycles. The Balaban J connectivity index is 2.16. The summed E-state index contributed by atoms with van der Waals surface area (Å²) in [5.74, 6) is -0.350. The second-order valence-electron chi connectivity index (χ2n) is 4.94. The first kappa shape index (κ1) is 17.4. The molecule has 1 heterocycles. The average Bonchev–Trinajstić information content (AvgIpc) is 2.86. The van der Waals surface area contributed by atoms with Crippen molar-refractivity contribution in [1.82, 2.24) is 9.62 Å². The molecule has 4 nitrogen and oxygen atoms in total. The van der Waals surface area contributed by atoms with E-state index in [-0.39, 0.29) is 22.6 Å². The van der Waals surface area contributed by atoms with Crippen LogP contribution in [0.3, 0.4) is 0 Å². The highest BCUT2D eigenvalue weighted by molar-refractivity contribution is 7.91. The molecule has 0 aliphatic rings. The van der Waals surface area contributed by atoms with Gasteiger partial charge in [0.25, 0.3) is 0 Å². The second-order valence-corrected chi connectivity index (χ2v) is 8.65. The van der Waals surface area contributed by atoms with Gasteiger partial charge in [0.05, 0.1) is 4.34 Å². The fourth-order valence-electron chi connectivity index (χ4n) is 2.01. The van der Waals surface area contributed by atoms with Crippen molar-refractivity contribution in [3.05, 3.63) is 52.1 Å². The van der Waals surface area contributed by atoms with Gasteiger partial charge in [0.2, 0.25) is 10.0 Å². The number of benzene rings is 1. The molecule has 120 valence electrons. The Labute approximate surface area is 138 Å². The smallest absolute Gasteiger partial charge is 0.250 e. The molecule has 0 aliphatic heterocycles. The van der Waals surface area contributed by atoms with Crippen LogP contribution in [0.5, 0.6) is 0 Å². The van der Waals surface area contributed by atoms with Crippen LogP contribution in [0.25, 0.3) is 0 Å². The van der Waals surface area contributed by atoms with Gasteiger partial charge in [-0.2, -0.15) is 0 Å². The second kappa shape index (κ2) is 7.06. The van der Waals surface area contributed by atoms with Crippen molar-refractivity contribution >= 4 is 33.0 Å². The van der Waals surface area contributed by atoms with E-state index in [1.54, 1.807) is 12.1 Å². The fourth-order valence-corrected chi connectivity index (χ4v) is 4.58. The lowest BCUT2D eigenvalue weighted by molar-refractivity contribution is 0.299. The lowest BCUT2D eigenvalue weighted by atomic mass is 10.1. The van der Waals surface area contributed by atoms with Crippen LogP contribution >= 0.6 is 22.9 Å². The van der Waals surface area contributed by atoms with E-state index in [9.17, 15) is 12.8 Å². The number of hydrogen-bond acceptors (Lipinski definition) is 4. The van der Waals surface area contributed by atoms with Gasteiger partial charge in [0, 0.05) is 12.6 Å². The molecule has 2 rings (SSSR count). The Morgan fingerprint density at radius 1 is 1.32 bits per heavy atom. The molecular weight excluding hydrogens is 347 g/mol. The van der Waals surface area contributed by atoms with Crippen LogP contribution in [-0.4, -0.2) is 34.0 Å². The fraction of sp³-hybridized carbons (Fsp3) is 0.286. The van der Waals surface area contributed by atoms with Gasteiger partial charge < -0.3 is 4.90 Å². The highest BCUT2D eigenvalue weighted by Gasteiger charge is 2.21. The van der Waals surface area contributed by atoms with Gasteiger partial charge in [-0.15, -0.1) is 11.3 Å². The molecule has 0 radical (unpaired) electrons. The molecular formula is C14H16ClFN2O2S2. The summed E-state index contributed by atoms with van der Waals surface area (Å²) in [6, 6.07) is 8.85. The zero-order valence-electron chi connectivity index (χ0n) is 12.1. The highest BCUT2D eigenvalue weighted by Crippen LogP contribution is 2.26. The minimum Gasteiger partial charge on any atom is -0.301 e. The monoisotopic (exact) mass is 362 g/mol. The van der Waals surface area contributed by atoms with Gasteiger partial charge in [0.15, 0.2) is 0 Å². The summed E-state index contributed by atoms with van der Waals surface area (Å²) in [4.78, 5) is 1.83. The van der Waals surface area contributed by atoms with Crippen molar-refractivity contribution in [2.45, 2.75) is 10.3 Å². The maximum absolute atomic E-state index is 13.4. The van der Waals surface area contributed by atoms with E-state index in [0.717, 1.165) is 11.3 Å². The first-order valence-corrected chi connectivity index (χ1v) is 9.14. The molecule has 1 N–H and O–H groups in total. The van der Waals surface area contributed by atoms with Crippen molar-refractivity contribution in [2.24, 2.45) is 0 Å². The quantitative estimate of drug-likeness (QED) is 0.858. The van der Waals surface area contributed by atoms with Gasteiger partial charge in [-0.25, -0.2) is 17.5 Å². The van der Waals surface area contributed by atoms with Crippen LogP contribution in [0.4, 0.5) is 4.39 Å². The number of hydrogen-bond donors (Lipinski definition) is 1. The molecule has 0 saturated heterocycles. The maximum Gasteiger partial charge on any atom is 0.250 e. The maximum atomic E-state index is 13.4. The molecule has 0 bridgehead atoms. The Bertz CT molecular complexity index is 747. The molecule has 0 fully saturated rings. The standard InChI is InChI=1S/C14H16ClFN2O2S2/c1-18(2)12(10-4-3-5-11(16)8-10)9-17-22(19,20)14-7-6-13(15)21-14/h3-8,12,17H,9H2,1-2H3/t12-/m0/s1. The largest absolute Gasteiger partial charge is 0.301 e. The van der Waals surface area contributed by atoms with Crippen LogP contribution in [0.1, 0.15) is 11.6 Å². The summed E-state index contributed by atoms with van der Waals surface area (Å²) < 4.78 is 40.9. The Morgan fingerprint density at radius 3 is 2.59 bits per heavy atom. The Morgan fingerprint density at radius 2 is 2.05 bits per heavy atom. The van der Waals surface area contributed by atoms with Crippen LogP contribution < -0.4 is 4.72 Å². The Hall–Kier alpha value is -0.990. The number of halogens is 2. The predicted molar refractivity (Wildman–Crippen MR) is 87.3 cm³/mol. The van der Waals surface area contributed by atoms with E-state index in [4.69, 9.17) is 11.6 Å². The number of nitrogens with zero attached hydrogens (tertiary/aromatic N) is 1. The van der Waals surface area contributed by atoms with E-state index in [1.807, 2.05) is 19.0 Å². The van der Waals surface area contributed by atoms with Crippen molar-refractivity contribution < 1.29 is 12.8 Å². The summed E-state index contributed by atoms with van der Waals surface area (Å²) in [7, 11) is 0.000283. The van der Waals surface area contributed by atoms with Gasteiger partial charge in [0.1, 0.15) is 10.0 Å². The van der Waals surface area contributed by atoms with Crippen molar-refractivity contribution in [2.75, 3.05) is 20.6 Å². The van der Waals surface area contributed by atoms with Gasteiger partial charge in [-0.1, -0.05) is 23.7 Å². The van der Waals surface area contributed by atoms with E-state index in [0.29, 0.717) is 9.90 Å². The number of nitrogens with one attached hydrogen (secondary N) is 1. The molecule has 1 atom stereocenters. The van der Waals surface area contributed by atoms with E-state index >= 15 is 0 Å². The van der Waals surface area contributed by atoms with Crippen LogP contribution in [0, 0.1) is 5.82 Å². The molecule has 1 aromatic heterocycles. The number of sulfonamides is 1. The van der Waals surface area contributed by atoms with Gasteiger partial charge >= 0.3 is 0 Å². The van der Waals surface area contributed by atoms with E-state index in [1.165, 1.54) is 24.3 Å². The normalized spacial score (nSPS) is 13.5. The summed E-state index contributed by atoms with van der Waals surface area (Å²) in [5, 5.41) is 0. The van der Waals surface area contributed by atoms with E-state index in [2.05, 4.69) is 4.72 Å². The zero-order chi connectivity index (χ0) is 16.3. The summed E-state index contributed by atoms with van der Waals surface area (Å²) >= 11 is 6.76. The van der Waals surface area contributed by atoms with Gasteiger partial charge in [-0.05, 0) is 43.9 Å². The lowest BCUT2D eigenvalue weighted by Crippen LogP contribution is -2.34. The summed E-state index contributed by atoms with van der Waals surface area (Å²) in [6.07, 6.45) is 0. The van der Waals surface area contributed by atoms with Crippen molar-refractivity contribution in [3.63, 3.8) is 0 Å². The van der Waals surface area contributed by atoms with Crippen molar-refractivity contribution in [3.8, 4) is 0 Å². The highest BCUT2D eigenvalue weighted by atomic mass is 35.5. The van der Waals surface area contributed by atoms with Crippen LogP contribution in [-0.2, 0) is 10.0 Å². The summed E-state index contributed by atoms with van der Waals surface area (Å²) in [6.45, 7) is 0.133. The van der Waals surface area contributed by atoms with Crippen LogP contribution in [0.2, 0.25) is 4.34 Å². The number of likely N-dealkylation sites (N-methyl/N-ethyl adjacent to an activating group) is 1. The molecule has 0 saturated carbocycles. The average molecular weight is 363 g/mol. The third kappa shape index (κ3) is 4.27. The SMILES string of the molecule is CN(C)[C@@H](CNS(=O)(=O)c1ccc(Cl)s1)c1cccc(F)c1. The lowest BCUT2D eigenvalue weighted by Gasteiger charge is -2.25. The third-order valence-corrected chi connectivity index (χ3v) is 6.28. The van der Waals surface area contributed by atoms with E-state index < -0.39 is 10.0 Å². The minimum atomic E-state index is -3.62. The molecule has 8 heteroatoms. The Kier molecular flexibility index (Phi) is 5.57. The molecule has 22 heavy (non-hydrogen) atoms. The summed E-state index contributed by atoms with van der Waals surface area (Å²) in [5.41, 5.74) is 0.705. The van der Waals surface area contributed by atoms with Crippen LogP contribution in [0.15, 0.2) is 40.6 Å². The van der Waals surface area contributed by atoms with Gasteiger partial charge in [-0.3, -0.25) is 0 Å². The topological polar surface area (TPSA) is 49.4 Å². The molecule has 0 amide bonds. The number of rotatable bonds is 6.